The van der Waals surface area contributed by atoms with E-state index in [4.69, 9.17) is 19.9 Å². The molecule has 13 heteroatoms. The number of amides is 1. The molecule has 224 valence electrons. The van der Waals surface area contributed by atoms with Gasteiger partial charge in [0.05, 0.1) is 38.3 Å². The van der Waals surface area contributed by atoms with Gasteiger partial charge in [-0.05, 0) is 79.9 Å². The summed E-state index contributed by atoms with van der Waals surface area (Å²) in [5.74, 6) is -1.93. The van der Waals surface area contributed by atoms with E-state index in [0.717, 1.165) is 38.2 Å². The third kappa shape index (κ3) is 6.31. The minimum absolute atomic E-state index is 0.0398. The number of alkyl halides is 3. The summed E-state index contributed by atoms with van der Waals surface area (Å²) < 4.78 is 72.8. The number of nitrogens with two attached hydrogens (primary N) is 1. The number of benzene rings is 2. The van der Waals surface area contributed by atoms with Crippen LogP contribution in [-0.4, -0.2) is 55.0 Å². The number of esters is 1. The van der Waals surface area contributed by atoms with Crippen LogP contribution in [0.1, 0.15) is 41.4 Å². The summed E-state index contributed by atoms with van der Waals surface area (Å²) in [4.78, 5) is 29.3. The number of halogens is 4. The second-order valence-corrected chi connectivity index (χ2v) is 10.1. The van der Waals surface area contributed by atoms with Crippen LogP contribution in [0.2, 0.25) is 0 Å². The van der Waals surface area contributed by atoms with Gasteiger partial charge in [-0.25, -0.2) is 14.2 Å². The second-order valence-electron chi connectivity index (χ2n) is 10.1. The van der Waals surface area contributed by atoms with E-state index in [1.165, 1.54) is 50.4 Å². The third-order valence-electron chi connectivity index (χ3n) is 6.82. The zero-order valence-electron chi connectivity index (χ0n) is 22.9. The van der Waals surface area contributed by atoms with Crippen molar-refractivity contribution in [3.05, 3.63) is 77.2 Å². The monoisotopic (exact) mass is 591 g/mol. The van der Waals surface area contributed by atoms with E-state index in [0.29, 0.717) is 5.75 Å². The van der Waals surface area contributed by atoms with Gasteiger partial charge in [0, 0.05) is 11.1 Å². The normalized spacial score (nSPS) is 16.1. The summed E-state index contributed by atoms with van der Waals surface area (Å²) in [6.45, 7) is -0.137. The molecule has 1 saturated carbocycles. The van der Waals surface area contributed by atoms with Crippen LogP contribution >= 0.6 is 0 Å². The van der Waals surface area contributed by atoms with Gasteiger partial charge < -0.3 is 30.4 Å². The number of aliphatic hydroxyl groups is 1. The number of rotatable bonds is 10. The number of nitrogens with one attached hydrogen (secondary N) is 1. The van der Waals surface area contributed by atoms with E-state index < -0.39 is 47.2 Å². The summed E-state index contributed by atoms with van der Waals surface area (Å²) >= 11 is 0. The maximum absolute atomic E-state index is 14.5. The van der Waals surface area contributed by atoms with Crippen molar-refractivity contribution in [3.8, 4) is 22.8 Å². The summed E-state index contributed by atoms with van der Waals surface area (Å²) in [5, 5.41) is 13.2. The van der Waals surface area contributed by atoms with Crippen LogP contribution in [0.15, 0.2) is 54.6 Å². The first kappa shape index (κ1) is 30.7. The molecule has 0 bridgehead atoms. The van der Waals surface area contributed by atoms with Gasteiger partial charge in [-0.1, -0.05) is 0 Å². The number of ether oxygens (including phenoxy) is 3. The molecule has 1 aromatic heterocycles. The van der Waals surface area contributed by atoms with Crippen LogP contribution in [0.25, 0.3) is 11.3 Å². The van der Waals surface area contributed by atoms with Gasteiger partial charge in [0.15, 0.2) is 11.5 Å². The predicted octanol–water partition coefficient (Wildman–Crippen LogP) is 3.96. The Morgan fingerprint density at radius 3 is 2.29 bits per heavy atom. The van der Waals surface area contributed by atoms with E-state index in [9.17, 15) is 32.3 Å². The summed E-state index contributed by atoms with van der Waals surface area (Å²) in [6, 6.07) is 10.8. The van der Waals surface area contributed by atoms with Crippen molar-refractivity contribution in [2.75, 3.05) is 20.8 Å². The molecule has 1 aliphatic rings. The number of hydrogen-bond donors (Lipinski definition) is 3. The molecule has 42 heavy (non-hydrogen) atoms. The van der Waals surface area contributed by atoms with Gasteiger partial charge in [0.25, 0.3) is 5.91 Å². The molecule has 4 rings (SSSR count). The number of aromatic nitrogens is 1. The molecular formula is C29H29F4N3O6. The number of hydrogen-bond acceptors (Lipinski definition) is 8. The Morgan fingerprint density at radius 1 is 1.05 bits per heavy atom. The Morgan fingerprint density at radius 2 is 1.71 bits per heavy atom. The maximum Gasteiger partial charge on any atom is 0.424 e. The highest BCUT2D eigenvalue weighted by Gasteiger charge is 2.57. The number of pyridine rings is 1. The quantitative estimate of drug-likeness (QED) is 0.238. The second kappa shape index (κ2) is 11.6. The first-order valence-electron chi connectivity index (χ1n) is 12.8. The predicted molar refractivity (Wildman–Crippen MR) is 142 cm³/mol. The number of methoxy groups -OCH3 is 2. The molecule has 1 heterocycles. The summed E-state index contributed by atoms with van der Waals surface area (Å²) in [5.41, 5.74) is -0.713. The number of carbonyl (C=O) groups excluding carboxylic acids is 2. The molecule has 0 spiro atoms. The van der Waals surface area contributed by atoms with Crippen molar-refractivity contribution in [2.45, 2.75) is 43.2 Å². The van der Waals surface area contributed by atoms with E-state index in [1.807, 2.05) is 0 Å². The van der Waals surface area contributed by atoms with Crippen LogP contribution in [0, 0.1) is 5.82 Å². The zero-order chi connectivity index (χ0) is 30.9. The average Bonchev–Trinajstić information content (AvgIpc) is 3.79. The fourth-order valence-corrected chi connectivity index (χ4v) is 4.06. The van der Waals surface area contributed by atoms with Crippen molar-refractivity contribution in [1.82, 2.24) is 10.3 Å². The van der Waals surface area contributed by atoms with Gasteiger partial charge >= 0.3 is 12.1 Å². The van der Waals surface area contributed by atoms with E-state index >= 15 is 0 Å². The standard InChI is InChI=1S/C29H29F4N3O6/c1-27(34,26(38)41-3)18-13-21(16-4-7-19(30)8-5-16)36-24(14-18)28(39,29(31,32)33)15-35-25(37)17-6-11-22(23(12-17)40-2)42-20-9-10-20/h4-8,11-14,20,39H,9-10,15,34H2,1-3H3,(H,35,37). The first-order valence-corrected chi connectivity index (χ1v) is 12.8. The molecule has 9 nitrogen and oxygen atoms in total. The Kier molecular flexibility index (Phi) is 8.46. The lowest BCUT2D eigenvalue weighted by Crippen LogP contribution is -2.52. The molecular weight excluding hydrogens is 562 g/mol. The Labute approximate surface area is 238 Å². The van der Waals surface area contributed by atoms with Crippen LogP contribution < -0.4 is 20.5 Å². The van der Waals surface area contributed by atoms with Crippen molar-refractivity contribution in [2.24, 2.45) is 5.73 Å². The molecule has 0 saturated heterocycles. The third-order valence-corrected chi connectivity index (χ3v) is 6.82. The highest BCUT2D eigenvalue weighted by molar-refractivity contribution is 5.95. The minimum Gasteiger partial charge on any atom is -0.493 e. The number of nitrogens with zero attached hydrogens (tertiary/aromatic N) is 1. The Hall–Kier alpha value is -4.23. The van der Waals surface area contributed by atoms with E-state index in [1.54, 1.807) is 0 Å². The zero-order valence-corrected chi connectivity index (χ0v) is 22.9. The van der Waals surface area contributed by atoms with E-state index in [-0.39, 0.29) is 34.2 Å². The summed E-state index contributed by atoms with van der Waals surface area (Å²) in [6.07, 6.45) is -3.56. The van der Waals surface area contributed by atoms with Crippen LogP contribution in [0.4, 0.5) is 17.6 Å². The molecule has 2 unspecified atom stereocenters. The fourth-order valence-electron chi connectivity index (χ4n) is 4.06. The van der Waals surface area contributed by atoms with Crippen molar-refractivity contribution in [1.29, 1.82) is 0 Å². The fraction of sp³-hybridized carbons (Fsp3) is 0.345. The van der Waals surface area contributed by atoms with Crippen molar-refractivity contribution < 1.29 is 46.5 Å². The van der Waals surface area contributed by atoms with Gasteiger partial charge in [-0.3, -0.25) is 4.79 Å². The maximum atomic E-state index is 14.5. The average molecular weight is 592 g/mol. The lowest BCUT2D eigenvalue weighted by atomic mass is 9.88. The largest absolute Gasteiger partial charge is 0.493 e. The molecule has 0 aliphatic heterocycles. The van der Waals surface area contributed by atoms with Gasteiger partial charge in [0.1, 0.15) is 11.4 Å². The Bertz CT molecular complexity index is 1480. The van der Waals surface area contributed by atoms with Gasteiger partial charge in [-0.15, -0.1) is 0 Å². The molecule has 4 N–H and O–H groups in total. The smallest absolute Gasteiger partial charge is 0.424 e. The van der Waals surface area contributed by atoms with Crippen LogP contribution in [0.3, 0.4) is 0 Å². The Balaban J connectivity index is 1.72. The minimum atomic E-state index is -5.36. The lowest BCUT2D eigenvalue weighted by Gasteiger charge is -2.32. The lowest BCUT2D eigenvalue weighted by molar-refractivity contribution is -0.265. The van der Waals surface area contributed by atoms with Crippen LogP contribution in [0.5, 0.6) is 11.5 Å². The molecule has 2 aromatic carbocycles. The number of carbonyl (C=O) groups is 2. The van der Waals surface area contributed by atoms with Crippen molar-refractivity contribution in [3.63, 3.8) is 0 Å². The van der Waals surface area contributed by atoms with Gasteiger partial charge in [-0.2, -0.15) is 13.2 Å². The van der Waals surface area contributed by atoms with Crippen LogP contribution in [-0.2, 0) is 20.7 Å². The van der Waals surface area contributed by atoms with Crippen molar-refractivity contribution >= 4 is 11.9 Å². The first-order chi connectivity index (χ1) is 19.7. The molecule has 3 aromatic rings. The van der Waals surface area contributed by atoms with Gasteiger partial charge in [0.2, 0.25) is 5.60 Å². The molecule has 2 atom stereocenters. The molecule has 1 fully saturated rings. The summed E-state index contributed by atoms with van der Waals surface area (Å²) in [7, 11) is 2.41. The SMILES string of the molecule is COC(=O)C(C)(N)c1cc(-c2ccc(F)cc2)nc(C(O)(CNC(=O)c2ccc(OC3CC3)c(OC)c2)C(F)(F)F)c1. The molecule has 1 aliphatic carbocycles. The molecule has 1 amide bonds. The topological polar surface area (TPSA) is 133 Å². The molecule has 0 radical (unpaired) electrons. The van der Waals surface area contributed by atoms with E-state index in [2.05, 4.69) is 10.3 Å². The highest BCUT2D eigenvalue weighted by Crippen LogP contribution is 2.40. The highest BCUT2D eigenvalue weighted by atomic mass is 19.4.